The molecule has 0 N–H and O–H groups in total. The average Bonchev–Trinajstić information content (AvgIpc) is 3.23. The molecule has 0 spiro atoms. The van der Waals surface area contributed by atoms with Crippen LogP contribution in [0.4, 0.5) is 0 Å². The van der Waals surface area contributed by atoms with Crippen LogP contribution in [0.5, 0.6) is 0 Å². The van der Waals surface area contributed by atoms with Gasteiger partial charge >= 0.3 is 47.8 Å². The molecule has 12 atom stereocenters. The molecule has 2 aliphatic rings. The number of rotatable bonds is 18. The molecule has 2 fully saturated rings. The van der Waals surface area contributed by atoms with Crippen LogP contribution < -0.4 is 0 Å². The third-order valence-electron chi connectivity index (χ3n) is 9.48. The van der Waals surface area contributed by atoms with E-state index in [-0.39, 0.29) is 0 Å². The van der Waals surface area contributed by atoms with Crippen molar-refractivity contribution >= 4 is 53.5 Å². The highest BCUT2D eigenvalue weighted by Gasteiger charge is 2.58. The highest BCUT2D eigenvalue weighted by molar-refractivity contribution is 6.13. The first-order valence-corrected chi connectivity index (χ1v) is 20.3. The first-order valence-electron chi connectivity index (χ1n) is 20.3. The van der Waals surface area contributed by atoms with E-state index in [1.807, 2.05) is 12.1 Å². The smallest absolute Gasteiger partial charge is 0.333 e. The maximum absolute atomic E-state index is 13.6. The number of ether oxygens (including phenoxy) is 12. The number of methoxy groups -OCH3 is 1. The number of carbonyl (C=O) groups is 8. The van der Waals surface area contributed by atoms with Gasteiger partial charge in [0.05, 0.1) is 18.9 Å². The van der Waals surface area contributed by atoms with Crippen LogP contribution in [0.1, 0.15) is 66.5 Å². The fourth-order valence-electron chi connectivity index (χ4n) is 6.98. The Morgan fingerprint density at radius 3 is 1.34 bits per heavy atom. The summed E-state index contributed by atoms with van der Waals surface area (Å²) in [5, 5.41) is 0. The molecule has 0 aliphatic carbocycles. The molecule has 0 bridgehead atoms. The maximum Gasteiger partial charge on any atom is 0.333 e. The minimum Gasteiger partial charge on any atom is -0.467 e. The van der Waals surface area contributed by atoms with Crippen molar-refractivity contribution in [1.29, 1.82) is 0 Å². The van der Waals surface area contributed by atoms with E-state index in [4.69, 9.17) is 61.8 Å². The van der Waals surface area contributed by atoms with Crippen molar-refractivity contribution in [2.45, 2.75) is 129 Å². The van der Waals surface area contributed by atoms with Crippen LogP contribution in [0.25, 0.3) is 0 Å². The van der Waals surface area contributed by atoms with E-state index in [1.165, 1.54) is 6.92 Å². The van der Waals surface area contributed by atoms with Crippen molar-refractivity contribution in [3.05, 3.63) is 71.8 Å². The Bertz CT molecular complexity index is 1980. The number of hydrogen-bond acceptors (Lipinski definition) is 21. The number of carbonyl (C=O) groups excluding carboxylic acids is 8. The number of benzene rings is 2. The SMILES string of the molecule is COC(=O)[C@@H](N=C(c1ccccc1)c1ccccc1)[C@@H](C)O[C@@H]1O[C@H](COC(C)=O)[C@@H](O[C@@H]2O[C@H](COC(C)=O)[C@H](OC(C)=O)[C@H](OC(C)=O)[C@H]2OC(C)=O)[C@H](OC(C)=O)[C@H]1OC(C)=O. The van der Waals surface area contributed by atoms with Gasteiger partial charge in [-0.25, -0.2) is 4.79 Å². The first kappa shape index (κ1) is 51.3. The summed E-state index contributed by atoms with van der Waals surface area (Å²) in [6.07, 6.45) is -18.1. The molecular formula is C44H53NO20. The largest absolute Gasteiger partial charge is 0.467 e. The second-order valence-electron chi connectivity index (χ2n) is 14.7. The van der Waals surface area contributed by atoms with Gasteiger partial charge in [0.2, 0.25) is 0 Å². The lowest BCUT2D eigenvalue weighted by Crippen LogP contribution is -2.67. The highest BCUT2D eigenvalue weighted by Crippen LogP contribution is 2.36. The minimum absolute atomic E-state index is 0.391. The molecule has 0 radical (unpaired) electrons. The van der Waals surface area contributed by atoms with E-state index < -0.39 is 135 Å². The molecule has 2 aliphatic heterocycles. The zero-order valence-corrected chi connectivity index (χ0v) is 37.2. The lowest BCUT2D eigenvalue weighted by atomic mass is 9.95. The van der Waals surface area contributed by atoms with E-state index in [0.29, 0.717) is 16.8 Å². The van der Waals surface area contributed by atoms with Gasteiger partial charge in [0.25, 0.3) is 0 Å². The van der Waals surface area contributed by atoms with Gasteiger partial charge in [0.15, 0.2) is 49.1 Å². The fraction of sp³-hybridized carbons (Fsp3) is 0.523. The second-order valence-corrected chi connectivity index (χ2v) is 14.7. The quantitative estimate of drug-likeness (QED) is 0.118. The summed E-state index contributed by atoms with van der Waals surface area (Å²) >= 11 is 0. The number of hydrogen-bond donors (Lipinski definition) is 0. The third kappa shape index (κ3) is 14.9. The van der Waals surface area contributed by atoms with Crippen molar-refractivity contribution in [2.24, 2.45) is 4.99 Å². The van der Waals surface area contributed by atoms with Gasteiger partial charge in [-0.3, -0.25) is 38.6 Å². The van der Waals surface area contributed by atoms with Crippen molar-refractivity contribution in [1.82, 2.24) is 0 Å². The van der Waals surface area contributed by atoms with Crippen LogP contribution in [0.15, 0.2) is 65.7 Å². The third-order valence-corrected chi connectivity index (χ3v) is 9.48. The number of aliphatic imine (C=N–C) groups is 1. The van der Waals surface area contributed by atoms with Crippen LogP contribution >= 0.6 is 0 Å². The Morgan fingerprint density at radius 2 is 0.908 bits per heavy atom. The normalized spacial score (nSPS) is 25.8. The van der Waals surface area contributed by atoms with Gasteiger partial charge in [0, 0.05) is 59.6 Å². The zero-order chi connectivity index (χ0) is 48.0. The highest BCUT2D eigenvalue weighted by atomic mass is 16.8. The Balaban J connectivity index is 1.85. The molecule has 0 unspecified atom stereocenters. The van der Waals surface area contributed by atoms with Crippen LogP contribution in [-0.2, 0) is 95.2 Å². The van der Waals surface area contributed by atoms with Crippen molar-refractivity contribution in [3.63, 3.8) is 0 Å². The van der Waals surface area contributed by atoms with Crippen molar-refractivity contribution < 1.29 is 95.2 Å². The number of esters is 8. The maximum atomic E-state index is 13.6. The molecule has 0 aromatic heterocycles. The summed E-state index contributed by atoms with van der Waals surface area (Å²) < 4.78 is 68.9. The van der Waals surface area contributed by atoms with E-state index in [9.17, 15) is 38.4 Å². The second kappa shape index (κ2) is 24.1. The van der Waals surface area contributed by atoms with Gasteiger partial charge in [-0.1, -0.05) is 60.7 Å². The van der Waals surface area contributed by atoms with E-state index >= 15 is 0 Å². The first-order chi connectivity index (χ1) is 30.8. The van der Waals surface area contributed by atoms with Gasteiger partial charge in [-0.05, 0) is 6.92 Å². The molecule has 0 amide bonds. The Morgan fingerprint density at radius 1 is 0.523 bits per heavy atom. The lowest BCUT2D eigenvalue weighted by molar-refractivity contribution is -0.364. The summed E-state index contributed by atoms with van der Waals surface area (Å²) in [7, 11) is 1.16. The van der Waals surface area contributed by atoms with Gasteiger partial charge in [-0.15, -0.1) is 0 Å². The molecule has 0 saturated carbocycles. The van der Waals surface area contributed by atoms with Gasteiger partial charge in [0.1, 0.15) is 31.5 Å². The van der Waals surface area contributed by atoms with E-state index in [1.54, 1.807) is 48.5 Å². The van der Waals surface area contributed by atoms with Crippen molar-refractivity contribution in [3.8, 4) is 0 Å². The van der Waals surface area contributed by atoms with Gasteiger partial charge in [-0.2, -0.15) is 0 Å². The molecule has 354 valence electrons. The topological polar surface area (TPSA) is 260 Å². The van der Waals surface area contributed by atoms with Crippen molar-refractivity contribution in [2.75, 3.05) is 20.3 Å². The molecule has 2 aromatic carbocycles. The predicted molar refractivity (Wildman–Crippen MR) is 218 cm³/mol. The van der Waals surface area contributed by atoms with E-state index in [0.717, 1.165) is 55.6 Å². The van der Waals surface area contributed by atoms with Crippen LogP contribution in [0.2, 0.25) is 0 Å². The molecule has 21 nitrogen and oxygen atoms in total. The van der Waals surface area contributed by atoms with Crippen LogP contribution in [0, 0.1) is 0 Å². The standard InChI is InChI=1S/C44H53NO20/c1-22(34(42(53)54-9)45-35(30-16-12-10-13-17-30)31-18-14-11-15-19-31)57-43-40(61-28(7)51)39(60-27(6)50)37(33(63-43)21-56-24(3)47)65-44-41(62-29(8)52)38(59-26(5)49)36(58-25(4)48)32(64-44)20-55-23(2)46/h10-19,22,32-34,36-41,43-44H,20-21H2,1-9H3/t22-,32-,33-,34+,36+,37-,38+,39+,40-,41-,43-,44+/m1/s1. The number of nitrogens with zero attached hydrogens (tertiary/aromatic N) is 1. The fourth-order valence-corrected chi connectivity index (χ4v) is 6.98. The minimum atomic E-state index is -1.89. The molecule has 65 heavy (non-hydrogen) atoms. The van der Waals surface area contributed by atoms with E-state index in [2.05, 4.69) is 0 Å². The Hall–Kier alpha value is -6.29. The molecule has 2 heterocycles. The lowest BCUT2D eigenvalue weighted by Gasteiger charge is -2.49. The Labute approximate surface area is 374 Å². The zero-order valence-electron chi connectivity index (χ0n) is 37.2. The predicted octanol–water partition coefficient (Wildman–Crippen LogP) is 2.09. The van der Waals surface area contributed by atoms with Crippen LogP contribution in [-0.4, -0.2) is 147 Å². The molecule has 4 rings (SSSR count). The molecular weight excluding hydrogens is 862 g/mol. The Kier molecular flexibility index (Phi) is 19.1. The molecule has 2 aromatic rings. The van der Waals surface area contributed by atoms with Crippen LogP contribution in [0.3, 0.4) is 0 Å². The average molecular weight is 916 g/mol. The summed E-state index contributed by atoms with van der Waals surface area (Å²) in [6, 6.07) is 16.5. The summed E-state index contributed by atoms with van der Waals surface area (Å²) in [6.45, 7) is 7.52. The summed E-state index contributed by atoms with van der Waals surface area (Å²) in [4.78, 5) is 106. The van der Waals surface area contributed by atoms with Gasteiger partial charge < -0.3 is 56.8 Å². The monoisotopic (exact) mass is 915 g/mol. The molecule has 2 saturated heterocycles. The summed E-state index contributed by atoms with van der Waals surface area (Å²) in [5.41, 5.74) is 1.68. The summed E-state index contributed by atoms with van der Waals surface area (Å²) in [5.74, 6) is -7.07. The molecule has 21 heteroatoms.